The SMILES string of the molecule is CN=C(NCC(=O)N(C)CCc1ccccn1)N1CCCC(CC(N)=O)C1.I. The number of nitrogens with zero attached hydrogens (tertiary/aromatic N) is 4. The quantitative estimate of drug-likeness (QED) is 0.327. The van der Waals surface area contributed by atoms with Crippen molar-refractivity contribution in [2.75, 3.05) is 40.3 Å². The molecular weight excluding hydrogens is 471 g/mol. The van der Waals surface area contributed by atoms with Crippen molar-refractivity contribution in [3.63, 3.8) is 0 Å². The number of carbonyl (C=O) groups is 2. The van der Waals surface area contributed by atoms with Crippen LogP contribution in [-0.4, -0.2) is 72.8 Å². The summed E-state index contributed by atoms with van der Waals surface area (Å²) in [5.41, 5.74) is 6.29. The first-order valence-electron chi connectivity index (χ1n) is 9.37. The number of piperidine rings is 1. The lowest BCUT2D eigenvalue weighted by atomic mass is 9.95. The Kier molecular flexibility index (Phi) is 10.8. The normalized spacial score (nSPS) is 16.9. The second kappa shape index (κ2) is 12.5. The molecule has 3 N–H and O–H groups in total. The van der Waals surface area contributed by atoms with E-state index in [9.17, 15) is 9.59 Å². The fourth-order valence-corrected chi connectivity index (χ4v) is 3.28. The van der Waals surface area contributed by atoms with E-state index >= 15 is 0 Å². The van der Waals surface area contributed by atoms with E-state index in [-0.39, 0.29) is 48.3 Å². The first-order valence-corrected chi connectivity index (χ1v) is 9.37. The monoisotopic (exact) mass is 502 g/mol. The highest BCUT2D eigenvalue weighted by molar-refractivity contribution is 14.0. The Balaban J connectivity index is 0.00000392. The summed E-state index contributed by atoms with van der Waals surface area (Å²) in [7, 11) is 3.49. The number of hydrogen-bond donors (Lipinski definition) is 2. The van der Waals surface area contributed by atoms with Gasteiger partial charge in [-0.25, -0.2) is 0 Å². The van der Waals surface area contributed by atoms with Crippen molar-refractivity contribution in [2.45, 2.75) is 25.7 Å². The molecule has 2 amide bonds. The third-order valence-electron chi connectivity index (χ3n) is 4.77. The molecular formula is C19H31IN6O2. The number of aliphatic imine (C=N–C) groups is 1. The van der Waals surface area contributed by atoms with Crippen molar-refractivity contribution in [3.8, 4) is 0 Å². The highest BCUT2D eigenvalue weighted by Gasteiger charge is 2.24. The van der Waals surface area contributed by atoms with Gasteiger partial charge in [0.05, 0.1) is 6.54 Å². The summed E-state index contributed by atoms with van der Waals surface area (Å²) >= 11 is 0. The Bertz CT molecular complexity index is 655. The predicted molar refractivity (Wildman–Crippen MR) is 120 cm³/mol. The van der Waals surface area contributed by atoms with Gasteiger partial charge in [-0.1, -0.05) is 6.07 Å². The van der Waals surface area contributed by atoms with E-state index in [0.717, 1.165) is 38.0 Å². The van der Waals surface area contributed by atoms with E-state index in [0.29, 0.717) is 18.9 Å². The number of likely N-dealkylation sites (N-methyl/N-ethyl adjacent to an activating group) is 1. The number of carbonyl (C=O) groups excluding carboxylic acids is 2. The standard InChI is InChI=1S/C19H30N6O2.HI/c1-21-19(25-10-5-6-15(14-25)12-17(20)26)23-13-18(27)24(2)11-8-16-7-3-4-9-22-16;/h3-4,7,9,15H,5-6,8,10-14H2,1-2H3,(H2,20,26)(H,21,23);1H. The van der Waals surface area contributed by atoms with Crippen molar-refractivity contribution in [1.29, 1.82) is 0 Å². The van der Waals surface area contributed by atoms with E-state index in [1.54, 1.807) is 25.2 Å². The maximum atomic E-state index is 12.4. The number of nitrogens with two attached hydrogens (primary N) is 1. The van der Waals surface area contributed by atoms with Gasteiger partial charge < -0.3 is 20.9 Å². The topological polar surface area (TPSA) is 104 Å². The molecule has 1 aromatic heterocycles. The van der Waals surface area contributed by atoms with Crippen LogP contribution in [0.5, 0.6) is 0 Å². The molecule has 2 rings (SSSR count). The van der Waals surface area contributed by atoms with Gasteiger partial charge in [-0.15, -0.1) is 24.0 Å². The highest BCUT2D eigenvalue weighted by atomic mass is 127. The number of pyridine rings is 1. The van der Waals surface area contributed by atoms with Crippen LogP contribution in [0, 0.1) is 5.92 Å². The van der Waals surface area contributed by atoms with Gasteiger partial charge in [0.1, 0.15) is 0 Å². The number of rotatable bonds is 7. The summed E-state index contributed by atoms with van der Waals surface area (Å²) in [6.45, 7) is 2.38. The van der Waals surface area contributed by atoms with Crippen molar-refractivity contribution in [3.05, 3.63) is 30.1 Å². The number of nitrogens with one attached hydrogen (secondary N) is 1. The van der Waals surface area contributed by atoms with Gasteiger partial charge in [0.25, 0.3) is 0 Å². The number of aromatic nitrogens is 1. The molecule has 156 valence electrons. The van der Waals surface area contributed by atoms with Gasteiger partial charge in [-0.3, -0.25) is 19.6 Å². The molecule has 0 radical (unpaired) electrons. The maximum absolute atomic E-state index is 12.4. The minimum Gasteiger partial charge on any atom is -0.370 e. The Morgan fingerprint density at radius 3 is 2.86 bits per heavy atom. The van der Waals surface area contributed by atoms with Gasteiger partial charge in [0, 0.05) is 58.5 Å². The molecule has 0 spiro atoms. The van der Waals surface area contributed by atoms with Crippen LogP contribution < -0.4 is 11.1 Å². The highest BCUT2D eigenvalue weighted by Crippen LogP contribution is 2.19. The second-order valence-corrected chi connectivity index (χ2v) is 6.91. The van der Waals surface area contributed by atoms with Crippen molar-refractivity contribution < 1.29 is 9.59 Å². The fourth-order valence-electron chi connectivity index (χ4n) is 3.28. The van der Waals surface area contributed by atoms with Crippen molar-refractivity contribution >= 4 is 41.8 Å². The number of primary amides is 1. The summed E-state index contributed by atoms with van der Waals surface area (Å²) in [5.74, 6) is 0.662. The Morgan fingerprint density at radius 1 is 1.43 bits per heavy atom. The van der Waals surface area contributed by atoms with E-state index in [4.69, 9.17) is 5.73 Å². The van der Waals surface area contributed by atoms with Gasteiger partial charge in [-0.2, -0.15) is 0 Å². The van der Waals surface area contributed by atoms with Crippen LogP contribution in [-0.2, 0) is 16.0 Å². The van der Waals surface area contributed by atoms with Crippen LogP contribution in [0.25, 0.3) is 0 Å². The van der Waals surface area contributed by atoms with Gasteiger partial charge in [-0.05, 0) is 30.9 Å². The average Bonchev–Trinajstić information content (AvgIpc) is 2.67. The molecule has 0 bridgehead atoms. The molecule has 0 aliphatic carbocycles. The molecule has 1 aliphatic heterocycles. The third kappa shape index (κ3) is 7.99. The number of guanidine groups is 1. The van der Waals surface area contributed by atoms with Crippen LogP contribution in [0.2, 0.25) is 0 Å². The predicted octanol–water partition coefficient (Wildman–Crippen LogP) is 0.863. The number of likely N-dealkylation sites (tertiary alicyclic amines) is 1. The molecule has 28 heavy (non-hydrogen) atoms. The lowest BCUT2D eigenvalue weighted by molar-refractivity contribution is -0.128. The Morgan fingerprint density at radius 2 is 2.21 bits per heavy atom. The average molecular weight is 502 g/mol. The summed E-state index contributed by atoms with van der Waals surface area (Å²) in [6.07, 6.45) is 4.84. The summed E-state index contributed by atoms with van der Waals surface area (Å²) in [4.78, 5) is 35.9. The lowest BCUT2D eigenvalue weighted by Gasteiger charge is -2.34. The lowest BCUT2D eigenvalue weighted by Crippen LogP contribution is -2.49. The smallest absolute Gasteiger partial charge is 0.241 e. The molecule has 2 heterocycles. The molecule has 1 fully saturated rings. The minimum atomic E-state index is -0.269. The van der Waals surface area contributed by atoms with Crippen LogP contribution >= 0.6 is 24.0 Å². The summed E-state index contributed by atoms with van der Waals surface area (Å²) < 4.78 is 0. The van der Waals surface area contributed by atoms with Gasteiger partial charge in [0.15, 0.2) is 5.96 Å². The van der Waals surface area contributed by atoms with Crippen molar-refractivity contribution in [2.24, 2.45) is 16.6 Å². The second-order valence-electron chi connectivity index (χ2n) is 6.91. The molecule has 1 atom stereocenters. The Labute approximate surface area is 184 Å². The zero-order chi connectivity index (χ0) is 19.6. The summed E-state index contributed by atoms with van der Waals surface area (Å²) in [5, 5.41) is 3.14. The fraction of sp³-hybridized carbons (Fsp3) is 0.579. The first-order chi connectivity index (χ1) is 13.0. The Hall–Kier alpha value is -1.91. The van der Waals surface area contributed by atoms with Crippen LogP contribution in [0.4, 0.5) is 0 Å². The van der Waals surface area contributed by atoms with E-state index in [2.05, 4.69) is 20.2 Å². The van der Waals surface area contributed by atoms with E-state index in [1.807, 2.05) is 18.2 Å². The van der Waals surface area contributed by atoms with E-state index in [1.165, 1.54) is 0 Å². The molecule has 1 aliphatic rings. The molecule has 0 aromatic carbocycles. The van der Waals surface area contributed by atoms with Gasteiger partial charge >= 0.3 is 0 Å². The number of hydrogen-bond acceptors (Lipinski definition) is 4. The van der Waals surface area contributed by atoms with Crippen LogP contribution in [0.3, 0.4) is 0 Å². The van der Waals surface area contributed by atoms with Gasteiger partial charge in [0.2, 0.25) is 11.8 Å². The molecule has 0 saturated carbocycles. The molecule has 1 saturated heterocycles. The molecule has 1 aromatic rings. The zero-order valence-corrected chi connectivity index (χ0v) is 19.0. The van der Waals surface area contributed by atoms with Crippen molar-refractivity contribution in [1.82, 2.24) is 20.1 Å². The first kappa shape index (κ1) is 24.1. The summed E-state index contributed by atoms with van der Waals surface area (Å²) in [6, 6.07) is 5.78. The van der Waals surface area contributed by atoms with E-state index < -0.39 is 0 Å². The maximum Gasteiger partial charge on any atom is 0.241 e. The number of halogens is 1. The molecule has 9 heteroatoms. The minimum absolute atomic E-state index is 0. The third-order valence-corrected chi connectivity index (χ3v) is 4.77. The molecule has 1 unspecified atom stereocenters. The van der Waals surface area contributed by atoms with Crippen LogP contribution in [0.15, 0.2) is 29.4 Å². The number of amides is 2. The zero-order valence-electron chi connectivity index (χ0n) is 16.6. The molecule has 8 nitrogen and oxygen atoms in total. The van der Waals surface area contributed by atoms with Crippen LogP contribution in [0.1, 0.15) is 25.0 Å². The largest absolute Gasteiger partial charge is 0.370 e.